The van der Waals surface area contributed by atoms with Crippen LogP contribution in [0.3, 0.4) is 0 Å². The van der Waals surface area contributed by atoms with Gasteiger partial charge in [0.15, 0.2) is 0 Å². The number of carbonyl (C=O) groups excluding carboxylic acids is 2. The Hall–Kier alpha value is -2.82. The molecule has 3 rings (SSSR count). The van der Waals surface area contributed by atoms with E-state index >= 15 is 0 Å². The highest BCUT2D eigenvalue weighted by molar-refractivity contribution is 6.05. The average Bonchev–Trinajstić information content (AvgIpc) is 3.17. The summed E-state index contributed by atoms with van der Waals surface area (Å²) in [6.07, 6.45) is 11.0. The average molecular weight is 366 g/mol. The molecule has 1 aliphatic carbocycles. The van der Waals surface area contributed by atoms with E-state index in [1.165, 1.54) is 25.5 Å². The third kappa shape index (κ3) is 5.84. The molecule has 0 aliphatic heterocycles. The largest absolute Gasteiger partial charge is 0.465 e. The van der Waals surface area contributed by atoms with Crippen LogP contribution in [-0.2, 0) is 4.79 Å². The number of benzene rings is 1. The lowest BCUT2D eigenvalue weighted by atomic mass is 9.96. The SMILES string of the molecule is O=C(NC1CCCCCCC1)/C(=C/c1ccco1)NC(=O)c1ccccc1. The molecule has 5 nitrogen and oxygen atoms in total. The van der Waals surface area contributed by atoms with Gasteiger partial charge < -0.3 is 15.1 Å². The third-order valence-corrected chi connectivity index (χ3v) is 4.80. The second-order valence-electron chi connectivity index (χ2n) is 6.91. The quantitative estimate of drug-likeness (QED) is 0.776. The zero-order valence-corrected chi connectivity index (χ0v) is 15.4. The lowest BCUT2D eigenvalue weighted by Crippen LogP contribution is -2.40. The van der Waals surface area contributed by atoms with Crippen LogP contribution in [0.5, 0.6) is 0 Å². The van der Waals surface area contributed by atoms with Crippen LogP contribution in [0.4, 0.5) is 0 Å². The number of amides is 2. The minimum absolute atomic E-state index is 0.145. The van der Waals surface area contributed by atoms with Gasteiger partial charge in [-0.2, -0.15) is 0 Å². The van der Waals surface area contributed by atoms with E-state index in [1.807, 2.05) is 6.07 Å². The van der Waals surface area contributed by atoms with Crippen molar-refractivity contribution in [2.75, 3.05) is 0 Å². The second-order valence-corrected chi connectivity index (χ2v) is 6.91. The first-order chi connectivity index (χ1) is 13.2. The van der Waals surface area contributed by atoms with Gasteiger partial charge in [0.25, 0.3) is 11.8 Å². The molecule has 2 aromatic rings. The van der Waals surface area contributed by atoms with E-state index in [4.69, 9.17) is 4.42 Å². The highest BCUT2D eigenvalue weighted by Crippen LogP contribution is 2.17. The number of rotatable bonds is 5. The number of furan rings is 1. The summed E-state index contributed by atoms with van der Waals surface area (Å²) in [6, 6.07) is 12.5. The lowest BCUT2D eigenvalue weighted by molar-refractivity contribution is -0.118. The smallest absolute Gasteiger partial charge is 0.268 e. The van der Waals surface area contributed by atoms with Gasteiger partial charge in [-0.1, -0.05) is 50.3 Å². The Labute approximate surface area is 159 Å². The van der Waals surface area contributed by atoms with Crippen molar-refractivity contribution in [3.8, 4) is 0 Å². The molecule has 2 amide bonds. The van der Waals surface area contributed by atoms with Crippen molar-refractivity contribution in [3.63, 3.8) is 0 Å². The van der Waals surface area contributed by atoms with Crippen LogP contribution >= 0.6 is 0 Å². The Morgan fingerprint density at radius 2 is 1.63 bits per heavy atom. The molecular weight excluding hydrogens is 340 g/mol. The molecule has 0 bridgehead atoms. The first-order valence-corrected chi connectivity index (χ1v) is 9.65. The Morgan fingerprint density at radius 3 is 2.30 bits per heavy atom. The van der Waals surface area contributed by atoms with Crippen molar-refractivity contribution in [3.05, 3.63) is 65.7 Å². The monoisotopic (exact) mass is 366 g/mol. The maximum atomic E-state index is 12.9. The molecule has 0 spiro atoms. The number of carbonyl (C=O) groups is 2. The summed E-state index contributed by atoms with van der Waals surface area (Å²) >= 11 is 0. The first kappa shape index (κ1) is 19.0. The highest BCUT2D eigenvalue weighted by Gasteiger charge is 2.19. The van der Waals surface area contributed by atoms with Crippen molar-refractivity contribution >= 4 is 17.9 Å². The van der Waals surface area contributed by atoms with Gasteiger partial charge in [0.2, 0.25) is 0 Å². The summed E-state index contributed by atoms with van der Waals surface area (Å²) in [6.45, 7) is 0. The van der Waals surface area contributed by atoms with E-state index in [0.29, 0.717) is 11.3 Å². The molecule has 27 heavy (non-hydrogen) atoms. The van der Waals surface area contributed by atoms with Crippen LogP contribution in [0, 0.1) is 0 Å². The fourth-order valence-corrected chi connectivity index (χ4v) is 3.32. The summed E-state index contributed by atoms with van der Waals surface area (Å²) in [5.41, 5.74) is 0.697. The van der Waals surface area contributed by atoms with Crippen molar-refractivity contribution in [1.29, 1.82) is 0 Å². The van der Waals surface area contributed by atoms with E-state index in [9.17, 15) is 9.59 Å². The molecule has 0 unspecified atom stereocenters. The topological polar surface area (TPSA) is 71.3 Å². The minimum Gasteiger partial charge on any atom is -0.465 e. The Morgan fingerprint density at radius 1 is 0.926 bits per heavy atom. The first-order valence-electron chi connectivity index (χ1n) is 9.65. The molecule has 1 aromatic heterocycles. The molecule has 1 fully saturated rings. The Balaban J connectivity index is 1.73. The van der Waals surface area contributed by atoms with Gasteiger partial charge >= 0.3 is 0 Å². The highest BCUT2D eigenvalue weighted by atomic mass is 16.3. The van der Waals surface area contributed by atoms with Gasteiger partial charge in [-0.25, -0.2) is 0 Å². The number of nitrogens with one attached hydrogen (secondary N) is 2. The van der Waals surface area contributed by atoms with Crippen molar-refractivity contribution in [2.24, 2.45) is 0 Å². The zero-order valence-electron chi connectivity index (χ0n) is 15.4. The Kier molecular flexibility index (Phi) is 6.85. The van der Waals surface area contributed by atoms with Gasteiger partial charge in [0.1, 0.15) is 11.5 Å². The molecule has 142 valence electrons. The fraction of sp³-hybridized carbons (Fsp3) is 0.364. The summed E-state index contributed by atoms with van der Waals surface area (Å²) < 4.78 is 5.32. The van der Waals surface area contributed by atoms with Gasteiger partial charge in [-0.3, -0.25) is 9.59 Å². The van der Waals surface area contributed by atoms with Crippen molar-refractivity contribution in [1.82, 2.24) is 10.6 Å². The van der Waals surface area contributed by atoms with Gasteiger partial charge in [0, 0.05) is 17.7 Å². The van der Waals surface area contributed by atoms with Crippen LogP contribution in [-0.4, -0.2) is 17.9 Å². The number of hydrogen-bond acceptors (Lipinski definition) is 3. The normalized spacial score (nSPS) is 16.2. The fourth-order valence-electron chi connectivity index (χ4n) is 3.32. The van der Waals surface area contributed by atoms with Crippen LogP contribution in [0.25, 0.3) is 6.08 Å². The van der Waals surface area contributed by atoms with Gasteiger partial charge in [0.05, 0.1) is 6.26 Å². The molecule has 1 aliphatic rings. The van der Waals surface area contributed by atoms with Gasteiger partial charge in [-0.15, -0.1) is 0 Å². The maximum absolute atomic E-state index is 12.9. The van der Waals surface area contributed by atoms with Gasteiger partial charge in [-0.05, 0) is 37.1 Å². The van der Waals surface area contributed by atoms with E-state index < -0.39 is 0 Å². The summed E-state index contributed by atoms with van der Waals surface area (Å²) in [4.78, 5) is 25.4. The van der Waals surface area contributed by atoms with E-state index in [0.717, 1.165) is 25.7 Å². The molecule has 2 N–H and O–H groups in total. The maximum Gasteiger partial charge on any atom is 0.268 e. The van der Waals surface area contributed by atoms with E-state index in [2.05, 4.69) is 10.6 Å². The summed E-state index contributed by atoms with van der Waals surface area (Å²) in [5.74, 6) is -0.0753. The molecule has 0 radical (unpaired) electrons. The van der Waals surface area contributed by atoms with E-state index in [-0.39, 0.29) is 23.6 Å². The predicted molar refractivity (Wildman–Crippen MR) is 105 cm³/mol. The van der Waals surface area contributed by atoms with Crippen molar-refractivity contribution in [2.45, 2.75) is 51.0 Å². The number of hydrogen-bond donors (Lipinski definition) is 2. The lowest BCUT2D eigenvalue weighted by Gasteiger charge is -2.22. The molecular formula is C22H26N2O3. The molecule has 1 saturated carbocycles. The molecule has 5 heteroatoms. The zero-order chi connectivity index (χ0) is 18.9. The molecule has 0 saturated heterocycles. The molecule has 1 aromatic carbocycles. The van der Waals surface area contributed by atoms with E-state index in [1.54, 1.807) is 42.5 Å². The standard InChI is InChI=1S/C22H26N2O3/c25-21(17-10-5-4-6-11-17)24-20(16-19-14-9-15-27-19)22(26)23-18-12-7-2-1-3-8-13-18/h4-6,9-11,14-16,18H,1-3,7-8,12-13H2,(H,23,26)(H,24,25)/b20-16-. The molecule has 0 atom stereocenters. The Bertz CT molecular complexity index is 758. The van der Waals surface area contributed by atoms with Crippen molar-refractivity contribution < 1.29 is 14.0 Å². The third-order valence-electron chi connectivity index (χ3n) is 4.80. The molecule has 1 heterocycles. The summed E-state index contributed by atoms with van der Waals surface area (Å²) in [5, 5.41) is 5.83. The van der Waals surface area contributed by atoms with Crippen LogP contribution < -0.4 is 10.6 Å². The van der Waals surface area contributed by atoms with Crippen LogP contribution in [0.1, 0.15) is 61.1 Å². The van der Waals surface area contributed by atoms with Crippen LogP contribution in [0.2, 0.25) is 0 Å². The van der Waals surface area contributed by atoms with Crippen LogP contribution in [0.15, 0.2) is 58.8 Å². The predicted octanol–water partition coefficient (Wildman–Crippen LogP) is 4.28. The minimum atomic E-state index is -0.318. The summed E-state index contributed by atoms with van der Waals surface area (Å²) in [7, 11) is 0. The second kappa shape index (κ2) is 9.76.